The number of anilines is 2. The number of nitrogens with zero attached hydrogens (tertiary/aromatic N) is 1. The van der Waals surface area contributed by atoms with Crippen molar-refractivity contribution < 1.29 is 4.79 Å². The highest BCUT2D eigenvalue weighted by atomic mass is 16.1. The second-order valence-electron chi connectivity index (χ2n) is 3.02. The van der Waals surface area contributed by atoms with Crippen LogP contribution < -0.4 is 16.8 Å². The number of carbonyl (C=O) groups is 1. The summed E-state index contributed by atoms with van der Waals surface area (Å²) in [7, 11) is 0. The van der Waals surface area contributed by atoms with Crippen LogP contribution in [0.2, 0.25) is 0 Å². The summed E-state index contributed by atoms with van der Waals surface area (Å²) in [5, 5.41) is 9.26. The van der Waals surface area contributed by atoms with Crippen molar-refractivity contribution in [2.24, 2.45) is 5.73 Å². The molecule has 0 spiro atoms. The Hall–Kier alpha value is -1.72. The highest BCUT2D eigenvalue weighted by Gasteiger charge is 2.16. The minimum Gasteiger partial charge on any atom is -0.383 e. The number of nitrogen functional groups attached to an aromatic ring is 1. The van der Waals surface area contributed by atoms with Gasteiger partial charge in [-0.3, -0.25) is 9.89 Å². The number of H-pyrrole nitrogens is 1. The second-order valence-corrected chi connectivity index (χ2v) is 3.02. The third-order valence-corrected chi connectivity index (χ3v) is 1.47. The molecule has 0 atom stereocenters. The largest absolute Gasteiger partial charge is 0.383 e. The van der Waals surface area contributed by atoms with Gasteiger partial charge in [0.2, 0.25) is 0 Å². The summed E-state index contributed by atoms with van der Waals surface area (Å²) in [4.78, 5) is 10.9. The van der Waals surface area contributed by atoms with Gasteiger partial charge in [0.15, 0.2) is 5.82 Å². The lowest BCUT2D eigenvalue weighted by molar-refractivity contribution is 0.100. The third-order valence-electron chi connectivity index (χ3n) is 1.47. The Morgan fingerprint density at radius 1 is 1.62 bits per heavy atom. The standard InChI is InChI=1S/C7H13N5O/c1-3(2)10-7-4(6(9)13)5(8)11-12-7/h3H,1-2H3,(H2,9,13)(H4,8,10,11,12). The predicted molar refractivity (Wildman–Crippen MR) is 50.3 cm³/mol. The summed E-state index contributed by atoms with van der Waals surface area (Å²) in [6, 6.07) is 0.167. The number of primary amides is 1. The summed E-state index contributed by atoms with van der Waals surface area (Å²) in [5.41, 5.74) is 10.8. The van der Waals surface area contributed by atoms with Crippen LogP contribution in [0.25, 0.3) is 0 Å². The van der Waals surface area contributed by atoms with Crippen molar-refractivity contribution in [3.63, 3.8) is 0 Å². The van der Waals surface area contributed by atoms with Gasteiger partial charge < -0.3 is 16.8 Å². The maximum atomic E-state index is 10.9. The van der Waals surface area contributed by atoms with Gasteiger partial charge in [-0.2, -0.15) is 5.10 Å². The molecule has 0 saturated carbocycles. The summed E-state index contributed by atoms with van der Waals surface area (Å²) >= 11 is 0. The molecule has 0 aliphatic heterocycles. The van der Waals surface area contributed by atoms with E-state index in [2.05, 4.69) is 15.5 Å². The van der Waals surface area contributed by atoms with Gasteiger partial charge in [0, 0.05) is 6.04 Å². The van der Waals surface area contributed by atoms with Crippen LogP contribution in [-0.2, 0) is 0 Å². The Labute approximate surface area is 75.7 Å². The number of aromatic amines is 1. The third kappa shape index (κ3) is 1.90. The van der Waals surface area contributed by atoms with E-state index in [0.29, 0.717) is 5.82 Å². The molecule has 0 bridgehead atoms. The van der Waals surface area contributed by atoms with Gasteiger partial charge >= 0.3 is 0 Å². The lowest BCUT2D eigenvalue weighted by Gasteiger charge is -2.06. The van der Waals surface area contributed by atoms with Crippen LogP contribution in [-0.4, -0.2) is 22.1 Å². The van der Waals surface area contributed by atoms with Crippen molar-refractivity contribution in [1.82, 2.24) is 10.2 Å². The van der Waals surface area contributed by atoms with Crippen molar-refractivity contribution in [2.75, 3.05) is 11.1 Å². The lowest BCUT2D eigenvalue weighted by atomic mass is 10.2. The van der Waals surface area contributed by atoms with Gasteiger partial charge in [-0.15, -0.1) is 0 Å². The van der Waals surface area contributed by atoms with E-state index in [0.717, 1.165) is 0 Å². The molecule has 1 amide bonds. The van der Waals surface area contributed by atoms with Crippen molar-refractivity contribution in [1.29, 1.82) is 0 Å². The first-order chi connectivity index (χ1) is 6.02. The predicted octanol–water partition coefficient (Wildman–Crippen LogP) is -0.0889. The Bertz CT molecular complexity index is 317. The zero-order valence-electron chi connectivity index (χ0n) is 7.59. The fourth-order valence-electron chi connectivity index (χ4n) is 0.983. The minimum absolute atomic E-state index is 0.167. The van der Waals surface area contributed by atoms with Crippen molar-refractivity contribution >= 4 is 17.5 Å². The van der Waals surface area contributed by atoms with Crippen molar-refractivity contribution in [2.45, 2.75) is 19.9 Å². The molecular weight excluding hydrogens is 170 g/mol. The molecule has 13 heavy (non-hydrogen) atoms. The molecule has 0 fully saturated rings. The number of amides is 1. The Balaban J connectivity index is 3.00. The molecule has 1 heterocycles. The average molecular weight is 183 g/mol. The summed E-state index contributed by atoms with van der Waals surface area (Å²) in [6.45, 7) is 3.85. The smallest absolute Gasteiger partial charge is 0.256 e. The van der Waals surface area contributed by atoms with Crippen LogP contribution in [0.15, 0.2) is 0 Å². The van der Waals surface area contributed by atoms with E-state index in [1.165, 1.54) is 0 Å². The van der Waals surface area contributed by atoms with Crippen molar-refractivity contribution in [3.05, 3.63) is 5.56 Å². The van der Waals surface area contributed by atoms with Crippen LogP contribution >= 0.6 is 0 Å². The zero-order valence-corrected chi connectivity index (χ0v) is 7.59. The molecule has 0 aromatic carbocycles. The number of rotatable bonds is 3. The molecule has 0 unspecified atom stereocenters. The first kappa shape index (κ1) is 9.37. The molecule has 1 aromatic heterocycles. The first-order valence-corrected chi connectivity index (χ1v) is 3.92. The van der Waals surface area contributed by atoms with Crippen LogP contribution in [0.4, 0.5) is 11.6 Å². The Kier molecular flexibility index (Phi) is 2.41. The highest BCUT2D eigenvalue weighted by Crippen LogP contribution is 2.17. The quantitative estimate of drug-likeness (QED) is 0.525. The van der Waals surface area contributed by atoms with Crippen LogP contribution in [0, 0.1) is 0 Å². The first-order valence-electron chi connectivity index (χ1n) is 3.92. The molecule has 0 aliphatic rings. The molecular formula is C7H13N5O. The topological polar surface area (TPSA) is 110 Å². The van der Waals surface area contributed by atoms with E-state index in [1.807, 2.05) is 13.8 Å². The van der Waals surface area contributed by atoms with E-state index >= 15 is 0 Å². The highest BCUT2D eigenvalue weighted by molar-refractivity contribution is 6.02. The molecule has 0 radical (unpaired) electrons. The van der Waals surface area contributed by atoms with Crippen LogP contribution in [0.1, 0.15) is 24.2 Å². The molecule has 6 nitrogen and oxygen atoms in total. The van der Waals surface area contributed by atoms with E-state index in [9.17, 15) is 4.79 Å². The van der Waals surface area contributed by atoms with E-state index < -0.39 is 5.91 Å². The molecule has 72 valence electrons. The van der Waals surface area contributed by atoms with Gasteiger partial charge in [0.1, 0.15) is 11.4 Å². The molecule has 6 N–H and O–H groups in total. The molecule has 0 aliphatic carbocycles. The maximum absolute atomic E-state index is 10.9. The molecule has 1 rings (SSSR count). The SMILES string of the molecule is CC(C)Nc1n[nH]c(N)c1C(N)=O. The average Bonchev–Trinajstić information content (AvgIpc) is 2.30. The van der Waals surface area contributed by atoms with E-state index in [4.69, 9.17) is 11.5 Å². The van der Waals surface area contributed by atoms with Gasteiger partial charge in [-0.05, 0) is 13.8 Å². The molecule has 0 saturated heterocycles. The maximum Gasteiger partial charge on any atom is 0.256 e. The van der Waals surface area contributed by atoms with Gasteiger partial charge in [0.25, 0.3) is 5.91 Å². The number of aromatic nitrogens is 2. The second kappa shape index (κ2) is 3.34. The van der Waals surface area contributed by atoms with Gasteiger partial charge in [-0.25, -0.2) is 0 Å². The van der Waals surface area contributed by atoms with E-state index in [1.54, 1.807) is 0 Å². The fourth-order valence-corrected chi connectivity index (χ4v) is 0.983. The number of hydrogen-bond donors (Lipinski definition) is 4. The van der Waals surface area contributed by atoms with Gasteiger partial charge in [-0.1, -0.05) is 0 Å². The molecule has 1 aromatic rings. The summed E-state index contributed by atoms with van der Waals surface area (Å²) < 4.78 is 0. The lowest BCUT2D eigenvalue weighted by Crippen LogP contribution is -2.17. The van der Waals surface area contributed by atoms with E-state index in [-0.39, 0.29) is 17.4 Å². The Morgan fingerprint density at radius 3 is 2.69 bits per heavy atom. The minimum atomic E-state index is -0.589. The number of nitrogens with one attached hydrogen (secondary N) is 2. The fraction of sp³-hybridized carbons (Fsp3) is 0.429. The van der Waals surface area contributed by atoms with Gasteiger partial charge in [0.05, 0.1) is 0 Å². The monoisotopic (exact) mass is 183 g/mol. The van der Waals surface area contributed by atoms with Crippen LogP contribution in [0.3, 0.4) is 0 Å². The Morgan fingerprint density at radius 2 is 2.23 bits per heavy atom. The zero-order chi connectivity index (χ0) is 10.0. The number of hydrogen-bond acceptors (Lipinski definition) is 4. The summed E-state index contributed by atoms with van der Waals surface area (Å²) in [5.74, 6) is 0.00468. The molecule has 6 heteroatoms. The van der Waals surface area contributed by atoms with Crippen LogP contribution in [0.5, 0.6) is 0 Å². The summed E-state index contributed by atoms with van der Waals surface area (Å²) in [6.07, 6.45) is 0. The normalized spacial score (nSPS) is 10.4. The number of carbonyl (C=O) groups excluding carboxylic acids is 1. The van der Waals surface area contributed by atoms with Crippen molar-refractivity contribution in [3.8, 4) is 0 Å². The number of nitrogens with two attached hydrogens (primary N) is 2.